The molecule has 0 heterocycles. The molecule has 0 saturated heterocycles. The maximum absolute atomic E-state index is 11.5. The van der Waals surface area contributed by atoms with E-state index in [4.69, 9.17) is 26.0 Å². The van der Waals surface area contributed by atoms with Crippen molar-refractivity contribution in [2.75, 3.05) is 6.61 Å². The molecule has 1 N–H and O–H groups in total. The number of rotatable bonds is 14. The minimum Gasteiger partial charge on any atom is -0.387 e. The van der Waals surface area contributed by atoms with Gasteiger partial charge in [-0.3, -0.25) is 0 Å². The van der Waals surface area contributed by atoms with Gasteiger partial charge in [0.1, 0.15) is 12.2 Å². The zero-order valence-corrected chi connectivity index (χ0v) is 21.3. The second-order valence-corrected chi connectivity index (χ2v) is 10.3. The van der Waals surface area contributed by atoms with Gasteiger partial charge in [0.15, 0.2) is 0 Å². The van der Waals surface area contributed by atoms with Crippen molar-refractivity contribution in [3.8, 4) is 12.3 Å². The Bertz CT molecular complexity index is 684. The highest BCUT2D eigenvalue weighted by Crippen LogP contribution is 2.35. The van der Waals surface area contributed by atoms with Crippen LogP contribution in [0, 0.1) is 24.2 Å². The van der Waals surface area contributed by atoms with Gasteiger partial charge in [-0.15, -0.1) is 12.3 Å². The molecule has 0 radical (unpaired) electrons. The molecule has 0 bridgehead atoms. The average Bonchev–Trinajstić information content (AvgIpc) is 2.72. The highest BCUT2D eigenvalue weighted by atomic mass is 17.2. The Kier molecular flexibility index (Phi) is 11.4. The largest absolute Gasteiger partial charge is 0.387 e. The fourth-order valence-electron chi connectivity index (χ4n) is 3.64. The van der Waals surface area contributed by atoms with E-state index in [2.05, 4.69) is 12.8 Å². The molecule has 182 valence electrons. The lowest BCUT2D eigenvalue weighted by Gasteiger charge is -2.39. The average molecular weight is 449 g/mol. The highest BCUT2D eigenvalue weighted by molar-refractivity contribution is 5.20. The summed E-state index contributed by atoms with van der Waals surface area (Å²) < 4.78 is 0. The second kappa shape index (κ2) is 12.7. The third-order valence-electron chi connectivity index (χ3n) is 5.73. The van der Waals surface area contributed by atoms with Crippen molar-refractivity contribution in [2.45, 2.75) is 104 Å². The summed E-state index contributed by atoms with van der Waals surface area (Å²) in [6.07, 6.45) is 8.22. The van der Waals surface area contributed by atoms with Gasteiger partial charge in [0.05, 0.1) is 17.3 Å². The Morgan fingerprint density at radius 2 is 1.59 bits per heavy atom. The van der Waals surface area contributed by atoms with Gasteiger partial charge in [0.2, 0.25) is 0 Å². The molecular formula is C27H44O5. The number of hydrogen-bond donors (Lipinski definition) is 1. The van der Waals surface area contributed by atoms with Gasteiger partial charge in [0.25, 0.3) is 0 Å². The predicted octanol–water partition coefficient (Wildman–Crippen LogP) is 6.20. The molecular weight excluding hydrogens is 404 g/mol. The van der Waals surface area contributed by atoms with Crippen LogP contribution in [0.15, 0.2) is 30.3 Å². The van der Waals surface area contributed by atoms with Crippen molar-refractivity contribution in [3.05, 3.63) is 35.9 Å². The molecule has 5 nitrogen and oxygen atoms in total. The molecule has 4 unspecified atom stereocenters. The minimum absolute atomic E-state index is 0.00417. The zero-order valence-electron chi connectivity index (χ0n) is 21.3. The van der Waals surface area contributed by atoms with E-state index < -0.39 is 16.8 Å². The normalized spacial score (nSPS) is 17.2. The summed E-state index contributed by atoms with van der Waals surface area (Å²) in [5.74, 6) is 2.78. The Morgan fingerprint density at radius 3 is 2.09 bits per heavy atom. The van der Waals surface area contributed by atoms with Crippen LogP contribution in [0.3, 0.4) is 0 Å². The third kappa shape index (κ3) is 9.60. The Labute approximate surface area is 195 Å². The van der Waals surface area contributed by atoms with E-state index in [9.17, 15) is 5.11 Å². The Balaban J connectivity index is 2.97. The molecule has 0 fully saturated rings. The molecule has 0 aliphatic carbocycles. The van der Waals surface area contributed by atoms with Gasteiger partial charge < -0.3 is 5.11 Å². The predicted molar refractivity (Wildman–Crippen MR) is 128 cm³/mol. The SMILES string of the molecule is C#CCC(CC)CC(C(CC)OOC(C)(C)C)C(C)(O)COOC(C)(C)c1ccccc1. The molecule has 0 aromatic heterocycles. The minimum atomic E-state index is -1.21. The van der Waals surface area contributed by atoms with Crippen LogP contribution in [-0.2, 0) is 25.2 Å². The second-order valence-electron chi connectivity index (χ2n) is 10.3. The van der Waals surface area contributed by atoms with Crippen LogP contribution in [0.5, 0.6) is 0 Å². The molecule has 0 spiro atoms. The molecule has 4 atom stereocenters. The topological polar surface area (TPSA) is 57.2 Å². The van der Waals surface area contributed by atoms with Crippen molar-refractivity contribution < 1.29 is 24.7 Å². The third-order valence-corrected chi connectivity index (χ3v) is 5.73. The van der Waals surface area contributed by atoms with Crippen LogP contribution in [-0.4, -0.2) is 29.0 Å². The monoisotopic (exact) mass is 448 g/mol. The maximum Gasteiger partial charge on any atom is 0.123 e. The van der Waals surface area contributed by atoms with Crippen LogP contribution < -0.4 is 0 Å². The van der Waals surface area contributed by atoms with Gasteiger partial charge in [-0.05, 0) is 65.9 Å². The summed E-state index contributed by atoms with van der Waals surface area (Å²) >= 11 is 0. The van der Waals surface area contributed by atoms with Gasteiger partial charge in [-0.2, -0.15) is 0 Å². The highest BCUT2D eigenvalue weighted by Gasteiger charge is 2.41. The number of aliphatic hydroxyl groups is 1. The Morgan fingerprint density at radius 1 is 0.969 bits per heavy atom. The van der Waals surface area contributed by atoms with E-state index >= 15 is 0 Å². The molecule has 0 amide bonds. The van der Waals surface area contributed by atoms with E-state index in [0.29, 0.717) is 19.3 Å². The first-order valence-electron chi connectivity index (χ1n) is 11.7. The van der Waals surface area contributed by atoms with E-state index in [-0.39, 0.29) is 24.5 Å². The summed E-state index contributed by atoms with van der Waals surface area (Å²) in [5, 5.41) is 11.5. The molecule has 0 saturated carbocycles. The summed E-state index contributed by atoms with van der Waals surface area (Å²) in [6, 6.07) is 9.85. The summed E-state index contributed by atoms with van der Waals surface area (Å²) in [6.45, 7) is 15.6. The van der Waals surface area contributed by atoms with Gasteiger partial charge in [-0.25, -0.2) is 19.6 Å². The number of benzene rings is 1. The van der Waals surface area contributed by atoms with Crippen LogP contribution in [0.25, 0.3) is 0 Å². The molecule has 1 rings (SSSR count). The first-order chi connectivity index (χ1) is 14.9. The number of hydrogen-bond acceptors (Lipinski definition) is 5. The van der Waals surface area contributed by atoms with Gasteiger partial charge in [-0.1, -0.05) is 50.6 Å². The van der Waals surface area contributed by atoms with E-state index in [1.807, 2.05) is 71.9 Å². The fraction of sp³-hybridized carbons (Fsp3) is 0.704. The molecule has 32 heavy (non-hydrogen) atoms. The van der Waals surface area contributed by atoms with Crippen molar-refractivity contribution in [2.24, 2.45) is 11.8 Å². The molecule has 1 aromatic carbocycles. The van der Waals surface area contributed by atoms with E-state index in [0.717, 1.165) is 12.0 Å². The number of terminal acetylenes is 1. The van der Waals surface area contributed by atoms with E-state index in [1.165, 1.54) is 0 Å². The van der Waals surface area contributed by atoms with Gasteiger partial charge in [0, 0.05) is 12.3 Å². The maximum atomic E-state index is 11.5. The lowest BCUT2D eigenvalue weighted by molar-refractivity contribution is -0.399. The lowest BCUT2D eigenvalue weighted by atomic mass is 9.76. The smallest absolute Gasteiger partial charge is 0.123 e. The lowest BCUT2D eigenvalue weighted by Crippen LogP contribution is -2.48. The molecule has 1 aromatic rings. The summed E-state index contributed by atoms with van der Waals surface area (Å²) in [5.41, 5.74) is -1.33. The van der Waals surface area contributed by atoms with Crippen LogP contribution >= 0.6 is 0 Å². The van der Waals surface area contributed by atoms with Crippen molar-refractivity contribution in [1.29, 1.82) is 0 Å². The first-order valence-corrected chi connectivity index (χ1v) is 11.7. The molecule has 0 aliphatic heterocycles. The van der Waals surface area contributed by atoms with Gasteiger partial charge >= 0.3 is 0 Å². The van der Waals surface area contributed by atoms with Crippen molar-refractivity contribution in [1.82, 2.24) is 0 Å². The molecule has 0 aliphatic rings. The van der Waals surface area contributed by atoms with E-state index in [1.54, 1.807) is 6.92 Å². The summed E-state index contributed by atoms with van der Waals surface area (Å²) in [7, 11) is 0. The Hall–Kier alpha value is -1.42. The standard InChI is InChI=1S/C27H44O5/c1-10-16-21(11-2)19-23(24(12-3)30-31-25(4,5)6)27(9,28)20-29-32-26(7,8)22-17-14-13-15-18-22/h1,13-15,17-18,21,23-24,28H,11-12,16,19-20H2,2-9H3. The molecule has 5 heteroatoms. The van der Waals surface area contributed by atoms with Crippen LogP contribution in [0.2, 0.25) is 0 Å². The van der Waals surface area contributed by atoms with Crippen molar-refractivity contribution in [3.63, 3.8) is 0 Å². The fourth-order valence-corrected chi connectivity index (χ4v) is 3.64. The van der Waals surface area contributed by atoms with Crippen LogP contribution in [0.1, 0.15) is 86.6 Å². The summed E-state index contributed by atoms with van der Waals surface area (Å²) in [4.78, 5) is 22.8. The quantitative estimate of drug-likeness (QED) is 0.208. The van der Waals surface area contributed by atoms with Crippen LogP contribution in [0.4, 0.5) is 0 Å². The first kappa shape index (κ1) is 28.6. The van der Waals surface area contributed by atoms with Crippen molar-refractivity contribution >= 4 is 0 Å². The zero-order chi connectivity index (χ0) is 24.4.